The molecule has 3 nitrogen and oxygen atoms in total. The van der Waals surface area contributed by atoms with E-state index in [1.807, 2.05) is 6.07 Å². The summed E-state index contributed by atoms with van der Waals surface area (Å²) >= 11 is 1.71. The zero-order valence-electron chi connectivity index (χ0n) is 15.4. The molecule has 150 valence electrons. The molecule has 1 saturated heterocycles. The van der Waals surface area contributed by atoms with Crippen LogP contribution in [0.1, 0.15) is 47.2 Å². The molecule has 1 saturated carbocycles. The minimum Gasteiger partial charge on any atom is -0.354 e. The smallest absolute Gasteiger partial charge is 0.354 e. The third-order valence-electron chi connectivity index (χ3n) is 5.72. The Hall–Kier alpha value is -1.86. The molecule has 0 radical (unpaired) electrons. The highest BCUT2D eigenvalue weighted by molar-refractivity contribution is 7.10. The Bertz CT molecular complexity index is 798. The highest BCUT2D eigenvalue weighted by atomic mass is 32.1. The van der Waals surface area contributed by atoms with Crippen molar-refractivity contribution >= 4 is 17.2 Å². The predicted octanol–water partition coefficient (Wildman–Crippen LogP) is 4.82. The van der Waals surface area contributed by atoms with Crippen LogP contribution in [-0.4, -0.2) is 30.4 Å². The van der Waals surface area contributed by atoms with E-state index in [9.17, 15) is 18.0 Å². The zero-order chi connectivity index (χ0) is 19.7. The fourth-order valence-electron chi connectivity index (χ4n) is 4.04. The number of nitrogens with one attached hydrogen (secondary N) is 1. The van der Waals surface area contributed by atoms with E-state index in [1.54, 1.807) is 11.3 Å². The van der Waals surface area contributed by atoms with Crippen molar-refractivity contribution in [2.45, 2.75) is 37.4 Å². The number of rotatable bonds is 6. The lowest BCUT2D eigenvalue weighted by atomic mass is 10.1. The van der Waals surface area contributed by atoms with Crippen LogP contribution in [0, 0.1) is 5.92 Å². The molecule has 2 heterocycles. The van der Waals surface area contributed by atoms with Crippen LogP contribution in [0.2, 0.25) is 0 Å². The van der Waals surface area contributed by atoms with Crippen LogP contribution in [0.3, 0.4) is 0 Å². The van der Waals surface area contributed by atoms with Crippen molar-refractivity contribution in [3.05, 3.63) is 57.8 Å². The molecule has 0 spiro atoms. The molecule has 2 aromatic rings. The summed E-state index contributed by atoms with van der Waals surface area (Å²) in [6, 6.07) is 9.55. The zero-order valence-corrected chi connectivity index (χ0v) is 16.2. The van der Waals surface area contributed by atoms with Gasteiger partial charge < -0.3 is 5.32 Å². The minimum absolute atomic E-state index is 0.00523. The summed E-state index contributed by atoms with van der Waals surface area (Å²) in [5, 5.41) is 5.15. The number of amides is 1. The van der Waals surface area contributed by atoms with E-state index in [0.717, 1.165) is 30.8 Å². The average molecular weight is 408 g/mol. The fraction of sp³-hybridized carbons (Fsp3) is 0.476. The van der Waals surface area contributed by atoms with Crippen LogP contribution in [0.5, 0.6) is 0 Å². The van der Waals surface area contributed by atoms with Gasteiger partial charge in [-0.2, -0.15) is 13.2 Å². The van der Waals surface area contributed by atoms with Gasteiger partial charge in [-0.3, -0.25) is 9.69 Å². The molecule has 28 heavy (non-hydrogen) atoms. The maximum absolute atomic E-state index is 12.7. The molecule has 0 bridgehead atoms. The molecule has 1 aromatic carbocycles. The van der Waals surface area contributed by atoms with Crippen molar-refractivity contribution in [1.82, 2.24) is 10.2 Å². The van der Waals surface area contributed by atoms with Gasteiger partial charge in [0.1, 0.15) is 0 Å². The SMILES string of the molecule is O=C(NCC(c1cccs1)N1CCCC1)C1CC1c1ccc(C(F)(F)F)cc1. The van der Waals surface area contributed by atoms with E-state index in [1.165, 1.54) is 29.9 Å². The number of benzene rings is 1. The van der Waals surface area contributed by atoms with Gasteiger partial charge in [0.15, 0.2) is 0 Å². The third kappa shape index (κ3) is 4.25. The van der Waals surface area contributed by atoms with Crippen LogP contribution in [0.25, 0.3) is 0 Å². The van der Waals surface area contributed by atoms with Gasteiger partial charge in [-0.05, 0) is 67.4 Å². The molecule has 1 aliphatic heterocycles. The first kappa shape index (κ1) is 19.5. The Balaban J connectivity index is 1.34. The summed E-state index contributed by atoms with van der Waals surface area (Å²) in [6.07, 6.45) is -1.25. The Morgan fingerprint density at radius 2 is 1.89 bits per heavy atom. The van der Waals surface area contributed by atoms with Crippen molar-refractivity contribution in [1.29, 1.82) is 0 Å². The number of alkyl halides is 3. The lowest BCUT2D eigenvalue weighted by molar-refractivity contribution is -0.137. The summed E-state index contributed by atoms with van der Waals surface area (Å²) in [6.45, 7) is 2.68. The standard InChI is InChI=1S/C21H23F3N2OS/c22-21(23,24)15-7-5-14(6-8-15)16-12-17(16)20(27)25-13-18(19-4-3-11-28-19)26-9-1-2-10-26/h3-8,11,16-18H,1-2,9-10,12-13H2,(H,25,27). The van der Waals surface area contributed by atoms with E-state index >= 15 is 0 Å². The monoisotopic (exact) mass is 408 g/mol. The van der Waals surface area contributed by atoms with E-state index in [2.05, 4.69) is 21.7 Å². The second kappa shape index (κ2) is 7.87. The lowest BCUT2D eigenvalue weighted by Crippen LogP contribution is -2.37. The summed E-state index contributed by atoms with van der Waals surface area (Å²) in [5.74, 6) is -0.112. The van der Waals surface area contributed by atoms with Gasteiger partial charge in [-0.15, -0.1) is 11.3 Å². The molecule has 2 aliphatic rings. The molecule has 7 heteroatoms. The first-order valence-electron chi connectivity index (χ1n) is 9.66. The van der Waals surface area contributed by atoms with Crippen LogP contribution in [-0.2, 0) is 11.0 Å². The molecular formula is C21H23F3N2OS. The van der Waals surface area contributed by atoms with Gasteiger partial charge in [-0.1, -0.05) is 18.2 Å². The van der Waals surface area contributed by atoms with Crippen LogP contribution >= 0.6 is 11.3 Å². The average Bonchev–Trinajstić information content (AvgIpc) is 3.06. The van der Waals surface area contributed by atoms with Crippen molar-refractivity contribution in [2.24, 2.45) is 5.92 Å². The molecule has 3 unspecified atom stereocenters. The Labute approximate surface area is 166 Å². The van der Waals surface area contributed by atoms with Crippen LogP contribution in [0.4, 0.5) is 13.2 Å². The highest BCUT2D eigenvalue weighted by Gasteiger charge is 2.44. The minimum atomic E-state index is -4.33. The van der Waals surface area contributed by atoms with Gasteiger partial charge >= 0.3 is 6.18 Å². The Morgan fingerprint density at radius 3 is 2.50 bits per heavy atom. The molecule has 1 N–H and O–H groups in total. The van der Waals surface area contributed by atoms with E-state index in [-0.39, 0.29) is 23.8 Å². The van der Waals surface area contributed by atoms with Gasteiger partial charge in [0.2, 0.25) is 5.91 Å². The van der Waals surface area contributed by atoms with E-state index in [4.69, 9.17) is 0 Å². The Kier molecular flexibility index (Phi) is 5.47. The molecule has 4 rings (SSSR count). The second-order valence-electron chi connectivity index (χ2n) is 7.59. The van der Waals surface area contributed by atoms with Gasteiger partial charge in [0.25, 0.3) is 0 Å². The van der Waals surface area contributed by atoms with Crippen LogP contribution < -0.4 is 5.32 Å². The number of thiophene rings is 1. The maximum Gasteiger partial charge on any atom is 0.416 e. The van der Waals surface area contributed by atoms with Crippen LogP contribution in [0.15, 0.2) is 41.8 Å². The topological polar surface area (TPSA) is 32.3 Å². The first-order chi connectivity index (χ1) is 13.4. The van der Waals surface area contributed by atoms with Gasteiger partial charge in [0.05, 0.1) is 11.6 Å². The van der Waals surface area contributed by atoms with Crippen molar-refractivity contribution in [2.75, 3.05) is 19.6 Å². The lowest BCUT2D eigenvalue weighted by Gasteiger charge is -2.27. The first-order valence-corrected chi connectivity index (χ1v) is 10.5. The Morgan fingerprint density at radius 1 is 1.18 bits per heavy atom. The van der Waals surface area contributed by atoms with E-state index in [0.29, 0.717) is 13.0 Å². The fourth-order valence-corrected chi connectivity index (χ4v) is 4.91. The number of carbonyl (C=O) groups excluding carboxylic acids is 1. The molecule has 3 atom stereocenters. The van der Waals surface area contributed by atoms with Crippen molar-refractivity contribution in [3.63, 3.8) is 0 Å². The maximum atomic E-state index is 12.7. The third-order valence-corrected chi connectivity index (χ3v) is 6.69. The largest absolute Gasteiger partial charge is 0.416 e. The summed E-state index contributed by atoms with van der Waals surface area (Å²) < 4.78 is 38.1. The molecular weight excluding hydrogens is 385 g/mol. The predicted molar refractivity (Wildman–Crippen MR) is 103 cm³/mol. The second-order valence-corrected chi connectivity index (χ2v) is 8.57. The molecule has 1 aliphatic carbocycles. The number of carbonyl (C=O) groups is 1. The number of hydrogen-bond donors (Lipinski definition) is 1. The van der Waals surface area contributed by atoms with Gasteiger partial charge in [-0.25, -0.2) is 0 Å². The number of halogens is 3. The molecule has 2 fully saturated rings. The summed E-state index contributed by atoms with van der Waals surface area (Å²) in [4.78, 5) is 16.3. The highest BCUT2D eigenvalue weighted by Crippen LogP contribution is 2.48. The number of nitrogens with zero attached hydrogens (tertiary/aromatic N) is 1. The van der Waals surface area contributed by atoms with E-state index < -0.39 is 11.7 Å². The van der Waals surface area contributed by atoms with Crippen molar-refractivity contribution < 1.29 is 18.0 Å². The molecule has 1 aromatic heterocycles. The van der Waals surface area contributed by atoms with Crippen molar-refractivity contribution in [3.8, 4) is 0 Å². The number of likely N-dealkylation sites (tertiary alicyclic amines) is 1. The normalized spacial score (nSPS) is 23.5. The summed E-state index contributed by atoms with van der Waals surface area (Å²) in [5.41, 5.74) is 0.157. The van der Waals surface area contributed by atoms with Gasteiger partial charge in [0, 0.05) is 17.3 Å². The summed E-state index contributed by atoms with van der Waals surface area (Å²) in [7, 11) is 0. The quantitative estimate of drug-likeness (QED) is 0.743. The number of hydrogen-bond acceptors (Lipinski definition) is 3. The molecule has 1 amide bonds.